The number of likely N-dealkylation sites (tertiary alicyclic amines) is 1. The van der Waals surface area contributed by atoms with Crippen molar-refractivity contribution < 1.29 is 19.1 Å². The quantitative estimate of drug-likeness (QED) is 0.871. The van der Waals surface area contributed by atoms with Gasteiger partial charge in [-0.2, -0.15) is 0 Å². The van der Waals surface area contributed by atoms with Crippen molar-refractivity contribution in [2.45, 2.75) is 56.0 Å². The molecule has 2 fully saturated rings. The van der Waals surface area contributed by atoms with E-state index in [1.807, 2.05) is 0 Å². The van der Waals surface area contributed by atoms with Crippen molar-refractivity contribution in [1.29, 1.82) is 0 Å². The molecule has 0 spiro atoms. The Bertz CT molecular complexity index is 672. The Morgan fingerprint density at radius 1 is 1.16 bits per heavy atom. The van der Waals surface area contributed by atoms with E-state index in [-0.39, 0.29) is 24.7 Å². The Balaban J connectivity index is 1.89. The van der Waals surface area contributed by atoms with Gasteiger partial charge in [-0.25, -0.2) is 4.39 Å². The van der Waals surface area contributed by atoms with Gasteiger partial charge in [-0.15, -0.1) is 0 Å². The van der Waals surface area contributed by atoms with E-state index < -0.39 is 16.9 Å². The highest BCUT2D eigenvalue weighted by Gasteiger charge is 2.48. The van der Waals surface area contributed by atoms with Crippen LogP contribution >= 0.6 is 0 Å². The molecule has 3 N–H and O–H groups in total. The van der Waals surface area contributed by atoms with Gasteiger partial charge in [0.15, 0.2) is 0 Å². The maximum absolute atomic E-state index is 14.5. The average Bonchev–Trinajstić information content (AvgIpc) is 3.04. The maximum atomic E-state index is 14.5. The lowest BCUT2D eigenvalue weighted by Crippen LogP contribution is -2.56. The second kappa shape index (κ2) is 6.75. The van der Waals surface area contributed by atoms with Crippen molar-refractivity contribution in [2.24, 2.45) is 5.73 Å². The summed E-state index contributed by atoms with van der Waals surface area (Å²) in [5.74, 6) is -1.08. The largest absolute Gasteiger partial charge is 0.388 e. The third-order valence-electron chi connectivity index (χ3n) is 5.60. The van der Waals surface area contributed by atoms with E-state index in [2.05, 4.69) is 0 Å². The van der Waals surface area contributed by atoms with Crippen molar-refractivity contribution in [3.63, 3.8) is 0 Å². The fourth-order valence-corrected chi connectivity index (χ4v) is 4.48. The molecule has 1 atom stereocenters. The summed E-state index contributed by atoms with van der Waals surface area (Å²) < 4.78 is 14.5. The molecule has 5 nitrogen and oxygen atoms in total. The van der Waals surface area contributed by atoms with Gasteiger partial charge in [0.05, 0.1) is 17.4 Å². The van der Waals surface area contributed by atoms with Crippen LogP contribution in [0.4, 0.5) is 4.39 Å². The number of β-amino-alcohol motifs (C(OH)–C–C–N with tert-alkyl or cyclic N) is 1. The predicted octanol–water partition coefficient (Wildman–Crippen LogP) is 1.87. The van der Waals surface area contributed by atoms with Gasteiger partial charge in [-0.1, -0.05) is 31.0 Å². The molecule has 0 bridgehead atoms. The minimum atomic E-state index is -1.28. The summed E-state index contributed by atoms with van der Waals surface area (Å²) in [5, 5.41) is 10.6. The highest BCUT2D eigenvalue weighted by atomic mass is 19.1. The molecule has 1 aromatic carbocycles. The minimum Gasteiger partial charge on any atom is -0.388 e. The van der Waals surface area contributed by atoms with Crippen LogP contribution < -0.4 is 5.73 Å². The molecule has 2 amide bonds. The first-order chi connectivity index (χ1) is 11.9. The Morgan fingerprint density at radius 3 is 2.48 bits per heavy atom. The lowest BCUT2D eigenvalue weighted by atomic mass is 9.76. The molecule has 2 aliphatic rings. The number of halogens is 1. The third kappa shape index (κ3) is 3.40. The number of piperidine rings is 1. The van der Waals surface area contributed by atoms with Crippen LogP contribution in [0.2, 0.25) is 0 Å². The molecule has 25 heavy (non-hydrogen) atoms. The Hall–Kier alpha value is -1.95. The fraction of sp³-hybridized carbons (Fsp3) is 0.579. The average molecular weight is 348 g/mol. The smallest absolute Gasteiger partial charge is 0.233 e. The second-order valence-corrected chi connectivity index (χ2v) is 7.47. The number of amides is 2. The van der Waals surface area contributed by atoms with Crippen LogP contribution in [-0.4, -0.2) is 40.5 Å². The summed E-state index contributed by atoms with van der Waals surface area (Å²) in [6, 6.07) is 6.46. The van der Waals surface area contributed by atoms with Crippen LogP contribution in [0, 0.1) is 5.82 Å². The summed E-state index contributed by atoms with van der Waals surface area (Å²) in [7, 11) is 0. The highest BCUT2D eigenvalue weighted by molar-refractivity contribution is 5.89. The molecule has 3 rings (SSSR count). The van der Waals surface area contributed by atoms with Gasteiger partial charge in [0.2, 0.25) is 11.8 Å². The number of rotatable bonds is 4. The first-order valence-electron chi connectivity index (χ1n) is 8.91. The summed E-state index contributed by atoms with van der Waals surface area (Å²) in [4.78, 5) is 26.2. The van der Waals surface area contributed by atoms with Crippen LogP contribution in [0.15, 0.2) is 24.3 Å². The van der Waals surface area contributed by atoms with Gasteiger partial charge in [0, 0.05) is 18.7 Å². The molecule has 1 aliphatic heterocycles. The van der Waals surface area contributed by atoms with Crippen molar-refractivity contribution >= 4 is 11.8 Å². The van der Waals surface area contributed by atoms with E-state index in [1.54, 1.807) is 23.1 Å². The second-order valence-electron chi connectivity index (χ2n) is 7.47. The zero-order valence-electron chi connectivity index (χ0n) is 14.3. The van der Waals surface area contributed by atoms with Gasteiger partial charge in [-0.3, -0.25) is 9.59 Å². The normalized spacial score (nSPS) is 25.8. The van der Waals surface area contributed by atoms with Gasteiger partial charge < -0.3 is 15.7 Å². The van der Waals surface area contributed by atoms with Gasteiger partial charge in [0.1, 0.15) is 5.82 Å². The van der Waals surface area contributed by atoms with Crippen LogP contribution in [0.5, 0.6) is 0 Å². The SMILES string of the molecule is NC(=O)CC1(O)CCCN(C(=O)C2(c3ccccc3F)CCCC2)C1. The maximum Gasteiger partial charge on any atom is 0.233 e. The molecular formula is C19H25FN2O3. The molecule has 0 radical (unpaired) electrons. The van der Waals surface area contributed by atoms with E-state index in [0.29, 0.717) is 37.8 Å². The lowest BCUT2D eigenvalue weighted by Gasteiger charge is -2.42. The van der Waals surface area contributed by atoms with Crippen molar-refractivity contribution in [2.75, 3.05) is 13.1 Å². The van der Waals surface area contributed by atoms with Crippen LogP contribution in [0.25, 0.3) is 0 Å². The molecule has 1 aliphatic carbocycles. The van der Waals surface area contributed by atoms with E-state index >= 15 is 0 Å². The van der Waals surface area contributed by atoms with Crippen LogP contribution in [-0.2, 0) is 15.0 Å². The molecule has 1 saturated carbocycles. The number of aliphatic hydroxyl groups is 1. The van der Waals surface area contributed by atoms with E-state index in [4.69, 9.17) is 5.73 Å². The number of nitrogens with zero attached hydrogens (tertiary/aromatic N) is 1. The highest BCUT2D eigenvalue weighted by Crippen LogP contribution is 2.44. The first-order valence-corrected chi connectivity index (χ1v) is 8.91. The molecular weight excluding hydrogens is 323 g/mol. The van der Waals surface area contributed by atoms with Crippen molar-refractivity contribution in [1.82, 2.24) is 4.90 Å². The molecule has 1 saturated heterocycles. The minimum absolute atomic E-state index is 0.0744. The van der Waals surface area contributed by atoms with Crippen molar-refractivity contribution in [3.8, 4) is 0 Å². The van der Waals surface area contributed by atoms with E-state index in [0.717, 1.165) is 12.8 Å². The monoisotopic (exact) mass is 348 g/mol. The number of benzene rings is 1. The van der Waals surface area contributed by atoms with Crippen LogP contribution in [0.1, 0.15) is 50.5 Å². The van der Waals surface area contributed by atoms with Gasteiger partial charge in [0.25, 0.3) is 0 Å². The zero-order valence-corrected chi connectivity index (χ0v) is 14.3. The van der Waals surface area contributed by atoms with E-state index in [1.165, 1.54) is 6.07 Å². The lowest BCUT2D eigenvalue weighted by molar-refractivity contribution is -0.147. The Kier molecular flexibility index (Phi) is 4.82. The number of primary amides is 1. The molecule has 1 aromatic rings. The Morgan fingerprint density at radius 2 is 1.84 bits per heavy atom. The molecule has 1 unspecified atom stereocenters. The topological polar surface area (TPSA) is 83.6 Å². The van der Waals surface area contributed by atoms with Gasteiger partial charge >= 0.3 is 0 Å². The number of carbonyl (C=O) groups is 2. The molecule has 136 valence electrons. The van der Waals surface area contributed by atoms with E-state index in [9.17, 15) is 19.1 Å². The molecule has 0 aromatic heterocycles. The van der Waals surface area contributed by atoms with Crippen molar-refractivity contribution in [3.05, 3.63) is 35.6 Å². The van der Waals surface area contributed by atoms with Gasteiger partial charge in [-0.05, 0) is 31.7 Å². The number of nitrogens with two attached hydrogens (primary N) is 1. The zero-order chi connectivity index (χ0) is 18.1. The summed E-state index contributed by atoms with van der Waals surface area (Å²) >= 11 is 0. The Labute approximate surface area is 147 Å². The standard InChI is InChI=1S/C19H25FN2O3/c20-15-7-2-1-6-14(15)19(9-3-4-10-19)17(24)22-11-5-8-18(25,13-22)12-16(21)23/h1-2,6-7,25H,3-5,8-13H2,(H2,21,23). The predicted molar refractivity (Wildman–Crippen MR) is 91.1 cm³/mol. The molecule has 6 heteroatoms. The summed E-state index contributed by atoms with van der Waals surface area (Å²) in [5.41, 5.74) is 3.54. The number of hydrogen-bond donors (Lipinski definition) is 2. The molecule has 1 heterocycles. The fourth-order valence-electron chi connectivity index (χ4n) is 4.48. The summed E-state index contributed by atoms with van der Waals surface area (Å²) in [6.07, 6.45) is 3.84. The first kappa shape index (κ1) is 17.9. The third-order valence-corrected chi connectivity index (χ3v) is 5.60. The van der Waals surface area contributed by atoms with Crippen LogP contribution in [0.3, 0.4) is 0 Å². The number of hydrogen-bond acceptors (Lipinski definition) is 3. The number of carbonyl (C=O) groups excluding carboxylic acids is 2. The summed E-state index contributed by atoms with van der Waals surface area (Å²) in [6.45, 7) is 0.584.